The van der Waals surface area contributed by atoms with Gasteiger partial charge < -0.3 is 15.4 Å². The van der Waals surface area contributed by atoms with Crippen LogP contribution >= 0.6 is 0 Å². The number of ether oxygens (including phenoxy) is 1. The summed E-state index contributed by atoms with van der Waals surface area (Å²) >= 11 is 0. The van der Waals surface area contributed by atoms with Crippen molar-refractivity contribution in [3.05, 3.63) is 29.8 Å². The van der Waals surface area contributed by atoms with Gasteiger partial charge in [-0.1, -0.05) is 18.9 Å². The monoisotopic (exact) mass is 332 g/mol. The molecule has 1 aromatic rings. The highest BCUT2D eigenvalue weighted by Crippen LogP contribution is 2.28. The highest BCUT2D eigenvalue weighted by Gasteiger charge is 2.31. The maximum absolute atomic E-state index is 12.6. The number of nitrogens with one attached hydrogen (secondary N) is 2. The van der Waals surface area contributed by atoms with Crippen LogP contribution in [0.2, 0.25) is 0 Å². The third-order valence-electron chi connectivity index (χ3n) is 4.15. The van der Waals surface area contributed by atoms with Gasteiger partial charge in [0.2, 0.25) is 11.8 Å². The Kier molecular flexibility index (Phi) is 6.35. The molecule has 0 spiro atoms. The van der Waals surface area contributed by atoms with Gasteiger partial charge in [0.05, 0.1) is 12.2 Å². The van der Waals surface area contributed by atoms with Gasteiger partial charge in [0.15, 0.2) is 0 Å². The van der Waals surface area contributed by atoms with Crippen LogP contribution in [0.25, 0.3) is 0 Å². The van der Waals surface area contributed by atoms with Crippen LogP contribution in [-0.4, -0.2) is 30.4 Å². The van der Waals surface area contributed by atoms with Gasteiger partial charge in [0, 0.05) is 12.6 Å². The first-order chi connectivity index (χ1) is 11.5. The fourth-order valence-corrected chi connectivity index (χ4v) is 3.07. The molecule has 1 fully saturated rings. The molecule has 6 nitrogen and oxygen atoms in total. The molecule has 2 N–H and O–H groups in total. The fourth-order valence-electron chi connectivity index (χ4n) is 3.07. The molecule has 0 heterocycles. The second-order valence-corrected chi connectivity index (χ2v) is 6.01. The molecule has 1 aliphatic rings. The Balaban J connectivity index is 2.09. The molecule has 0 bridgehead atoms. The lowest BCUT2D eigenvalue weighted by molar-refractivity contribution is -0.126. The second-order valence-electron chi connectivity index (χ2n) is 6.01. The number of benzene rings is 1. The minimum atomic E-state index is -0.545. The maximum Gasteiger partial charge on any atom is 0.338 e. The summed E-state index contributed by atoms with van der Waals surface area (Å²) in [6.07, 6.45) is 4.02. The lowest BCUT2D eigenvalue weighted by atomic mass is 9.97. The molecule has 1 unspecified atom stereocenters. The lowest BCUT2D eigenvalue weighted by Crippen LogP contribution is -2.47. The van der Waals surface area contributed by atoms with Gasteiger partial charge in [-0.25, -0.2) is 4.79 Å². The van der Waals surface area contributed by atoms with Crippen molar-refractivity contribution in [2.24, 2.45) is 5.92 Å². The minimum Gasteiger partial charge on any atom is -0.462 e. The fraction of sp³-hybridized carbons (Fsp3) is 0.500. The first kappa shape index (κ1) is 18.0. The lowest BCUT2D eigenvalue weighted by Gasteiger charge is -2.23. The number of carbonyl (C=O) groups excluding carboxylic acids is 3. The number of hydrogen-bond acceptors (Lipinski definition) is 4. The predicted octanol–water partition coefficient (Wildman–Crippen LogP) is 2.50. The standard InChI is InChI=1S/C18H24N2O4/c1-3-24-18(23)14-9-6-10-15(11-14)20-17(22)16(19-12(2)21)13-7-4-5-8-13/h6,9-11,13,16H,3-5,7-8H2,1-2H3,(H,19,21)(H,20,22). The van der Waals surface area contributed by atoms with Crippen LogP contribution in [0.15, 0.2) is 24.3 Å². The van der Waals surface area contributed by atoms with E-state index in [0.29, 0.717) is 17.9 Å². The van der Waals surface area contributed by atoms with Crippen molar-refractivity contribution in [2.45, 2.75) is 45.6 Å². The average molecular weight is 332 g/mol. The third kappa shape index (κ3) is 4.81. The molecule has 24 heavy (non-hydrogen) atoms. The van der Waals surface area contributed by atoms with Gasteiger partial charge >= 0.3 is 5.97 Å². The highest BCUT2D eigenvalue weighted by atomic mass is 16.5. The van der Waals surface area contributed by atoms with E-state index in [1.807, 2.05) is 0 Å². The van der Waals surface area contributed by atoms with Crippen molar-refractivity contribution < 1.29 is 19.1 Å². The van der Waals surface area contributed by atoms with E-state index in [0.717, 1.165) is 25.7 Å². The van der Waals surface area contributed by atoms with Gasteiger partial charge in [-0.3, -0.25) is 9.59 Å². The highest BCUT2D eigenvalue weighted by molar-refractivity contribution is 5.98. The number of anilines is 1. The molecule has 2 amide bonds. The summed E-state index contributed by atoms with van der Waals surface area (Å²) in [4.78, 5) is 35.8. The van der Waals surface area contributed by atoms with Crippen LogP contribution in [0.5, 0.6) is 0 Å². The van der Waals surface area contributed by atoms with E-state index in [4.69, 9.17) is 4.74 Å². The van der Waals surface area contributed by atoms with Crippen LogP contribution in [0.3, 0.4) is 0 Å². The Hall–Kier alpha value is -2.37. The Morgan fingerprint density at radius 2 is 1.96 bits per heavy atom. The molecule has 1 aromatic carbocycles. The van der Waals surface area contributed by atoms with E-state index in [2.05, 4.69) is 10.6 Å². The number of amides is 2. The van der Waals surface area contributed by atoms with E-state index >= 15 is 0 Å². The molecule has 6 heteroatoms. The zero-order chi connectivity index (χ0) is 17.5. The van der Waals surface area contributed by atoms with E-state index < -0.39 is 12.0 Å². The van der Waals surface area contributed by atoms with Crippen molar-refractivity contribution in [3.8, 4) is 0 Å². The van der Waals surface area contributed by atoms with Crippen molar-refractivity contribution in [1.29, 1.82) is 0 Å². The van der Waals surface area contributed by atoms with E-state index in [1.165, 1.54) is 6.92 Å². The molecular formula is C18H24N2O4. The summed E-state index contributed by atoms with van der Waals surface area (Å²) in [5.74, 6) is -0.745. The molecule has 0 aromatic heterocycles. The van der Waals surface area contributed by atoms with E-state index in [-0.39, 0.29) is 17.7 Å². The zero-order valence-electron chi connectivity index (χ0n) is 14.1. The summed E-state index contributed by atoms with van der Waals surface area (Å²) in [6.45, 7) is 3.45. The Morgan fingerprint density at radius 1 is 1.25 bits per heavy atom. The topological polar surface area (TPSA) is 84.5 Å². The van der Waals surface area contributed by atoms with E-state index in [9.17, 15) is 14.4 Å². The largest absolute Gasteiger partial charge is 0.462 e. The van der Waals surface area contributed by atoms with Crippen molar-refractivity contribution in [2.75, 3.05) is 11.9 Å². The summed E-state index contributed by atoms with van der Waals surface area (Å²) < 4.78 is 4.96. The molecule has 2 rings (SSSR count). The van der Waals surface area contributed by atoms with Crippen molar-refractivity contribution >= 4 is 23.5 Å². The molecule has 0 radical (unpaired) electrons. The summed E-state index contributed by atoms with van der Waals surface area (Å²) in [7, 11) is 0. The second kappa shape index (κ2) is 8.47. The maximum atomic E-state index is 12.6. The normalized spacial score (nSPS) is 15.6. The third-order valence-corrected chi connectivity index (χ3v) is 4.15. The quantitative estimate of drug-likeness (QED) is 0.784. The van der Waals surface area contributed by atoms with Gasteiger partial charge in [0.1, 0.15) is 6.04 Å². The zero-order valence-corrected chi connectivity index (χ0v) is 14.1. The van der Waals surface area contributed by atoms with Crippen LogP contribution in [0, 0.1) is 5.92 Å². The Labute approximate surface area is 142 Å². The van der Waals surface area contributed by atoms with Crippen LogP contribution in [0.1, 0.15) is 49.9 Å². The van der Waals surface area contributed by atoms with Gasteiger partial charge in [0.25, 0.3) is 0 Å². The molecule has 1 atom stereocenters. The first-order valence-corrected chi connectivity index (χ1v) is 8.36. The number of hydrogen-bond donors (Lipinski definition) is 2. The van der Waals surface area contributed by atoms with Gasteiger partial charge in [-0.15, -0.1) is 0 Å². The van der Waals surface area contributed by atoms with Crippen LogP contribution in [0.4, 0.5) is 5.69 Å². The molecule has 0 saturated heterocycles. The Bertz CT molecular complexity index is 609. The smallest absolute Gasteiger partial charge is 0.338 e. The first-order valence-electron chi connectivity index (χ1n) is 8.36. The summed E-state index contributed by atoms with van der Waals surface area (Å²) in [5, 5.41) is 5.56. The number of esters is 1. The summed E-state index contributed by atoms with van der Waals surface area (Å²) in [6, 6.07) is 6.06. The van der Waals surface area contributed by atoms with Gasteiger partial charge in [-0.2, -0.15) is 0 Å². The molecule has 0 aliphatic heterocycles. The molecular weight excluding hydrogens is 308 g/mol. The van der Waals surface area contributed by atoms with Crippen molar-refractivity contribution in [3.63, 3.8) is 0 Å². The minimum absolute atomic E-state index is 0.155. The van der Waals surface area contributed by atoms with E-state index in [1.54, 1.807) is 31.2 Å². The van der Waals surface area contributed by atoms with Crippen LogP contribution in [-0.2, 0) is 14.3 Å². The number of rotatable bonds is 6. The number of carbonyl (C=O) groups is 3. The Morgan fingerprint density at radius 3 is 2.58 bits per heavy atom. The summed E-state index contributed by atoms with van der Waals surface area (Å²) in [5.41, 5.74) is 0.894. The van der Waals surface area contributed by atoms with Crippen molar-refractivity contribution in [1.82, 2.24) is 5.32 Å². The van der Waals surface area contributed by atoms with Gasteiger partial charge in [-0.05, 0) is 43.9 Å². The molecule has 1 aliphatic carbocycles. The van der Waals surface area contributed by atoms with Crippen LogP contribution < -0.4 is 10.6 Å². The average Bonchev–Trinajstić information content (AvgIpc) is 3.07. The molecule has 130 valence electrons. The SMILES string of the molecule is CCOC(=O)c1cccc(NC(=O)C(NC(C)=O)C2CCCC2)c1. The molecule has 1 saturated carbocycles. The predicted molar refractivity (Wildman–Crippen MR) is 90.6 cm³/mol.